The first-order valence-electron chi connectivity index (χ1n) is 4.92. The van der Waals surface area contributed by atoms with Gasteiger partial charge in [0.25, 0.3) is 0 Å². The van der Waals surface area contributed by atoms with Gasteiger partial charge >= 0.3 is 0 Å². The predicted octanol–water partition coefficient (Wildman–Crippen LogP) is -0.139. The van der Waals surface area contributed by atoms with Gasteiger partial charge in [-0.25, -0.2) is 9.97 Å². The summed E-state index contributed by atoms with van der Waals surface area (Å²) in [5.41, 5.74) is 0.412. The largest absolute Gasteiger partial charge is 0.355 e. The zero-order valence-corrected chi connectivity index (χ0v) is 9.30. The Bertz CT molecular complexity index is 364. The molecule has 0 aliphatic rings. The number of rotatable bonds is 5. The molecule has 1 heterocycles. The molecule has 16 heavy (non-hydrogen) atoms. The van der Waals surface area contributed by atoms with Crippen molar-refractivity contribution < 1.29 is 9.59 Å². The normalized spacial score (nSPS) is 9.62. The number of likely N-dealkylation sites (N-methyl/N-ethyl adjacent to an activating group) is 2. The van der Waals surface area contributed by atoms with Gasteiger partial charge in [0.1, 0.15) is 0 Å². The predicted molar refractivity (Wildman–Crippen MR) is 59.4 cm³/mol. The molecule has 0 saturated carbocycles. The Balaban J connectivity index is 2.61. The van der Waals surface area contributed by atoms with Crippen LogP contribution in [0.3, 0.4) is 0 Å². The topological polar surface area (TPSA) is 75.2 Å². The van der Waals surface area contributed by atoms with Gasteiger partial charge in [-0.15, -0.1) is 0 Å². The molecule has 1 rings (SSSR count). The number of hydrogen-bond donors (Lipinski definition) is 1. The second kappa shape index (κ2) is 5.79. The summed E-state index contributed by atoms with van der Waals surface area (Å²) in [4.78, 5) is 31.2. The molecule has 0 saturated heterocycles. The third-order valence-electron chi connectivity index (χ3n) is 1.89. The summed E-state index contributed by atoms with van der Waals surface area (Å²) in [6, 6.07) is 0. The van der Waals surface area contributed by atoms with Gasteiger partial charge in [0, 0.05) is 26.0 Å². The van der Waals surface area contributed by atoms with Crippen molar-refractivity contribution in [3.8, 4) is 0 Å². The van der Waals surface area contributed by atoms with Gasteiger partial charge in [-0.1, -0.05) is 0 Å². The minimum Gasteiger partial charge on any atom is -0.355 e. The molecule has 0 radical (unpaired) electrons. The SMILES string of the molecule is CCNC(=O)CN(C)c1ncc(C=O)cn1. The molecule has 1 aromatic heterocycles. The molecule has 6 heteroatoms. The van der Waals surface area contributed by atoms with Gasteiger partial charge < -0.3 is 10.2 Å². The number of aldehydes is 1. The number of carbonyl (C=O) groups excluding carboxylic acids is 2. The van der Waals surface area contributed by atoms with Crippen LogP contribution < -0.4 is 10.2 Å². The minimum atomic E-state index is -0.0898. The quantitative estimate of drug-likeness (QED) is 0.702. The molecule has 0 unspecified atom stereocenters. The van der Waals surface area contributed by atoms with E-state index >= 15 is 0 Å². The highest BCUT2D eigenvalue weighted by Gasteiger charge is 2.08. The van der Waals surface area contributed by atoms with Gasteiger partial charge in [-0.05, 0) is 6.92 Å². The Morgan fingerprint density at radius 2 is 2.12 bits per heavy atom. The van der Waals surface area contributed by atoms with Crippen LogP contribution in [0.25, 0.3) is 0 Å². The summed E-state index contributed by atoms with van der Waals surface area (Å²) < 4.78 is 0. The Hall–Kier alpha value is -1.98. The molecule has 86 valence electrons. The van der Waals surface area contributed by atoms with Gasteiger partial charge in [-0.2, -0.15) is 0 Å². The maximum Gasteiger partial charge on any atom is 0.239 e. The summed E-state index contributed by atoms with van der Waals surface area (Å²) >= 11 is 0. The van der Waals surface area contributed by atoms with Crippen LogP contribution in [0.1, 0.15) is 17.3 Å². The lowest BCUT2D eigenvalue weighted by molar-refractivity contribution is -0.119. The Morgan fingerprint density at radius 3 is 2.62 bits per heavy atom. The number of nitrogens with zero attached hydrogens (tertiary/aromatic N) is 3. The maximum atomic E-state index is 11.3. The molecule has 1 amide bonds. The fourth-order valence-electron chi connectivity index (χ4n) is 1.13. The number of anilines is 1. The lowest BCUT2D eigenvalue weighted by atomic mass is 10.4. The third-order valence-corrected chi connectivity index (χ3v) is 1.89. The smallest absolute Gasteiger partial charge is 0.239 e. The Labute approximate surface area is 93.7 Å². The summed E-state index contributed by atoms with van der Waals surface area (Å²) in [5.74, 6) is 0.324. The third kappa shape index (κ3) is 3.30. The average Bonchev–Trinajstić information content (AvgIpc) is 2.29. The Morgan fingerprint density at radius 1 is 1.50 bits per heavy atom. The fraction of sp³-hybridized carbons (Fsp3) is 0.400. The van der Waals surface area contributed by atoms with Gasteiger partial charge in [0.15, 0.2) is 6.29 Å². The van der Waals surface area contributed by atoms with E-state index < -0.39 is 0 Å². The van der Waals surface area contributed by atoms with Crippen LogP contribution in [0.15, 0.2) is 12.4 Å². The molecular weight excluding hydrogens is 208 g/mol. The van der Waals surface area contributed by atoms with Crippen molar-refractivity contribution in [1.29, 1.82) is 0 Å². The monoisotopic (exact) mass is 222 g/mol. The number of carbonyl (C=O) groups is 2. The van der Waals surface area contributed by atoms with Crippen molar-refractivity contribution in [1.82, 2.24) is 15.3 Å². The van der Waals surface area contributed by atoms with E-state index in [-0.39, 0.29) is 12.5 Å². The summed E-state index contributed by atoms with van der Waals surface area (Å²) in [7, 11) is 1.71. The number of hydrogen-bond acceptors (Lipinski definition) is 5. The zero-order valence-electron chi connectivity index (χ0n) is 9.30. The summed E-state index contributed by atoms with van der Waals surface area (Å²) in [5, 5.41) is 2.68. The molecule has 6 nitrogen and oxygen atoms in total. The molecule has 0 aromatic carbocycles. The van der Waals surface area contributed by atoms with Crippen molar-refractivity contribution in [2.45, 2.75) is 6.92 Å². The van der Waals surface area contributed by atoms with E-state index in [0.29, 0.717) is 24.3 Å². The first-order chi connectivity index (χ1) is 7.67. The van der Waals surface area contributed by atoms with Crippen LogP contribution in [0.4, 0.5) is 5.95 Å². The zero-order chi connectivity index (χ0) is 12.0. The van der Waals surface area contributed by atoms with Crippen LogP contribution in [0.5, 0.6) is 0 Å². The van der Waals surface area contributed by atoms with Crippen LogP contribution >= 0.6 is 0 Å². The molecule has 0 fully saturated rings. The van der Waals surface area contributed by atoms with Crippen molar-refractivity contribution >= 4 is 18.1 Å². The highest BCUT2D eigenvalue weighted by molar-refractivity contribution is 5.80. The molecule has 0 aliphatic carbocycles. The lowest BCUT2D eigenvalue weighted by Crippen LogP contribution is -2.35. The van der Waals surface area contributed by atoms with E-state index in [0.717, 1.165) is 0 Å². The van der Waals surface area contributed by atoms with Crippen LogP contribution in [0, 0.1) is 0 Å². The van der Waals surface area contributed by atoms with Gasteiger partial charge in [0.2, 0.25) is 11.9 Å². The van der Waals surface area contributed by atoms with E-state index in [1.807, 2.05) is 6.92 Å². The number of amides is 1. The highest BCUT2D eigenvalue weighted by Crippen LogP contribution is 2.02. The minimum absolute atomic E-state index is 0.0898. The second-order valence-corrected chi connectivity index (χ2v) is 3.24. The fourth-order valence-corrected chi connectivity index (χ4v) is 1.13. The number of nitrogens with one attached hydrogen (secondary N) is 1. The van der Waals surface area contributed by atoms with Crippen molar-refractivity contribution in [2.75, 3.05) is 25.0 Å². The van der Waals surface area contributed by atoms with E-state index in [4.69, 9.17) is 0 Å². The number of aromatic nitrogens is 2. The van der Waals surface area contributed by atoms with Crippen LogP contribution in [-0.4, -0.2) is 42.3 Å². The molecular formula is C10H14N4O2. The average molecular weight is 222 g/mol. The summed E-state index contributed by atoms with van der Waals surface area (Å²) in [6.07, 6.45) is 3.51. The molecule has 0 bridgehead atoms. The first kappa shape index (κ1) is 12.1. The maximum absolute atomic E-state index is 11.3. The van der Waals surface area contributed by atoms with Gasteiger partial charge in [-0.3, -0.25) is 9.59 Å². The Kier molecular flexibility index (Phi) is 4.38. The van der Waals surface area contributed by atoms with E-state index in [1.54, 1.807) is 11.9 Å². The molecule has 1 aromatic rings. The molecule has 1 N–H and O–H groups in total. The van der Waals surface area contributed by atoms with E-state index in [2.05, 4.69) is 15.3 Å². The van der Waals surface area contributed by atoms with Crippen molar-refractivity contribution in [2.24, 2.45) is 0 Å². The lowest BCUT2D eigenvalue weighted by Gasteiger charge is -2.15. The first-order valence-corrected chi connectivity index (χ1v) is 4.92. The van der Waals surface area contributed by atoms with Crippen LogP contribution in [0.2, 0.25) is 0 Å². The summed E-state index contributed by atoms with van der Waals surface area (Å²) in [6.45, 7) is 2.64. The molecule has 0 spiro atoms. The molecule has 0 atom stereocenters. The van der Waals surface area contributed by atoms with Crippen LogP contribution in [-0.2, 0) is 4.79 Å². The standard InChI is InChI=1S/C10H14N4O2/c1-3-11-9(16)6-14(2)10-12-4-8(7-15)5-13-10/h4-5,7H,3,6H2,1-2H3,(H,11,16). The second-order valence-electron chi connectivity index (χ2n) is 3.24. The van der Waals surface area contributed by atoms with Crippen molar-refractivity contribution in [3.05, 3.63) is 18.0 Å². The highest BCUT2D eigenvalue weighted by atomic mass is 16.2. The van der Waals surface area contributed by atoms with E-state index in [9.17, 15) is 9.59 Å². The van der Waals surface area contributed by atoms with Crippen molar-refractivity contribution in [3.63, 3.8) is 0 Å². The molecule has 0 aliphatic heterocycles. The van der Waals surface area contributed by atoms with Gasteiger partial charge in [0.05, 0.1) is 12.1 Å². The van der Waals surface area contributed by atoms with E-state index in [1.165, 1.54) is 12.4 Å².